The molecule has 0 saturated carbocycles. The van der Waals surface area contributed by atoms with E-state index in [0.717, 1.165) is 23.1 Å². The van der Waals surface area contributed by atoms with E-state index in [2.05, 4.69) is 6.92 Å². The molecular formula is C27H23NO3. The molecule has 0 bridgehead atoms. The number of ether oxygens (including phenoxy) is 1. The smallest absolute Gasteiger partial charge is 0.339 e. The maximum absolute atomic E-state index is 13.0. The number of pyridine rings is 1. The minimum atomic E-state index is -0.534. The summed E-state index contributed by atoms with van der Waals surface area (Å²) in [5, 5.41) is 0.712. The number of hydrogen-bond donors (Lipinski definition) is 0. The molecule has 1 heterocycles. The SMILES string of the molecule is CCc1ccc(C(=O)COC(=O)c2cc(-c3ccccc3)nc3ccc(C)cc23)cc1. The molecule has 0 unspecified atom stereocenters. The number of aromatic nitrogens is 1. The van der Waals surface area contributed by atoms with Crippen LogP contribution in [-0.2, 0) is 11.2 Å². The van der Waals surface area contributed by atoms with Crippen LogP contribution in [0.3, 0.4) is 0 Å². The second-order valence-electron chi connectivity index (χ2n) is 7.49. The molecule has 0 N–H and O–H groups in total. The van der Waals surface area contributed by atoms with E-state index in [4.69, 9.17) is 9.72 Å². The molecule has 1 aromatic heterocycles. The van der Waals surface area contributed by atoms with E-state index in [-0.39, 0.29) is 12.4 Å². The predicted molar refractivity (Wildman–Crippen MR) is 122 cm³/mol. The van der Waals surface area contributed by atoms with Crippen LogP contribution >= 0.6 is 0 Å². The molecule has 4 heteroatoms. The third-order valence-corrected chi connectivity index (χ3v) is 5.27. The van der Waals surface area contributed by atoms with Crippen molar-refractivity contribution in [3.63, 3.8) is 0 Å². The molecule has 0 aliphatic heterocycles. The summed E-state index contributed by atoms with van der Waals surface area (Å²) >= 11 is 0. The molecule has 0 spiro atoms. The Morgan fingerprint density at radius 2 is 1.65 bits per heavy atom. The fraction of sp³-hybridized carbons (Fsp3) is 0.148. The average Bonchev–Trinajstić information content (AvgIpc) is 2.82. The zero-order chi connectivity index (χ0) is 21.8. The Hall–Kier alpha value is -3.79. The normalized spacial score (nSPS) is 10.8. The summed E-state index contributed by atoms with van der Waals surface area (Å²) in [6.07, 6.45) is 0.905. The van der Waals surface area contributed by atoms with Gasteiger partial charge in [-0.2, -0.15) is 0 Å². The number of benzene rings is 3. The summed E-state index contributed by atoms with van der Waals surface area (Å²) in [7, 11) is 0. The second-order valence-corrected chi connectivity index (χ2v) is 7.49. The largest absolute Gasteiger partial charge is 0.454 e. The first-order chi connectivity index (χ1) is 15.0. The molecule has 4 rings (SSSR count). The van der Waals surface area contributed by atoms with Crippen molar-refractivity contribution in [1.29, 1.82) is 0 Å². The van der Waals surface area contributed by atoms with Crippen LogP contribution in [0.5, 0.6) is 0 Å². The fourth-order valence-electron chi connectivity index (χ4n) is 3.48. The lowest BCUT2D eigenvalue weighted by molar-refractivity contribution is 0.0476. The van der Waals surface area contributed by atoms with Crippen LogP contribution in [0.4, 0.5) is 0 Å². The van der Waals surface area contributed by atoms with Crippen molar-refractivity contribution in [2.24, 2.45) is 0 Å². The van der Waals surface area contributed by atoms with Crippen molar-refractivity contribution in [3.8, 4) is 11.3 Å². The lowest BCUT2D eigenvalue weighted by Crippen LogP contribution is -2.15. The summed E-state index contributed by atoms with van der Waals surface area (Å²) in [6, 6.07) is 24.6. The van der Waals surface area contributed by atoms with Crippen LogP contribution in [0.15, 0.2) is 78.9 Å². The van der Waals surface area contributed by atoms with Crippen LogP contribution in [0, 0.1) is 6.92 Å². The van der Waals surface area contributed by atoms with Crippen molar-refractivity contribution in [3.05, 3.63) is 101 Å². The third-order valence-electron chi connectivity index (χ3n) is 5.27. The van der Waals surface area contributed by atoms with Gasteiger partial charge in [0.05, 0.1) is 16.8 Å². The number of nitrogens with zero attached hydrogens (tertiary/aromatic N) is 1. The highest BCUT2D eigenvalue weighted by atomic mass is 16.5. The molecule has 0 aliphatic carbocycles. The summed E-state index contributed by atoms with van der Waals surface area (Å²) in [5.41, 5.74) is 5.41. The zero-order valence-electron chi connectivity index (χ0n) is 17.6. The van der Waals surface area contributed by atoms with Gasteiger partial charge in [0.25, 0.3) is 0 Å². The van der Waals surface area contributed by atoms with E-state index in [1.165, 1.54) is 0 Å². The predicted octanol–water partition coefficient (Wildman–Crippen LogP) is 5.81. The maximum Gasteiger partial charge on any atom is 0.339 e. The van der Waals surface area contributed by atoms with Crippen molar-refractivity contribution in [2.45, 2.75) is 20.3 Å². The van der Waals surface area contributed by atoms with Crippen molar-refractivity contribution >= 4 is 22.7 Å². The van der Waals surface area contributed by atoms with E-state index >= 15 is 0 Å². The van der Waals surface area contributed by atoms with Crippen LogP contribution in [-0.4, -0.2) is 23.3 Å². The lowest BCUT2D eigenvalue weighted by Gasteiger charge is -2.11. The van der Waals surface area contributed by atoms with Crippen molar-refractivity contribution < 1.29 is 14.3 Å². The molecule has 0 aliphatic rings. The standard InChI is InChI=1S/C27H23NO3/c1-3-19-10-12-21(13-11-19)26(29)17-31-27(30)23-16-25(20-7-5-4-6-8-20)28-24-14-9-18(2)15-22(23)24/h4-16H,3,17H2,1-2H3. The van der Waals surface area contributed by atoms with Gasteiger partial charge in [-0.3, -0.25) is 4.79 Å². The highest BCUT2D eigenvalue weighted by Gasteiger charge is 2.17. The molecular weight excluding hydrogens is 386 g/mol. The van der Waals surface area contributed by atoms with Crippen LogP contribution < -0.4 is 0 Å². The highest BCUT2D eigenvalue weighted by Crippen LogP contribution is 2.26. The number of Topliss-reactive ketones (excluding diaryl/α,β-unsaturated/α-hetero) is 1. The topological polar surface area (TPSA) is 56.3 Å². The summed E-state index contributed by atoms with van der Waals surface area (Å²) < 4.78 is 5.42. The maximum atomic E-state index is 13.0. The number of carbonyl (C=O) groups excluding carboxylic acids is 2. The number of ketones is 1. The minimum Gasteiger partial charge on any atom is -0.454 e. The van der Waals surface area contributed by atoms with Gasteiger partial charge < -0.3 is 4.74 Å². The highest BCUT2D eigenvalue weighted by molar-refractivity contribution is 6.06. The van der Waals surface area contributed by atoms with Gasteiger partial charge in [0.15, 0.2) is 12.4 Å². The molecule has 0 fully saturated rings. The van der Waals surface area contributed by atoms with Gasteiger partial charge in [0.1, 0.15) is 0 Å². The van der Waals surface area contributed by atoms with Gasteiger partial charge in [-0.1, -0.05) is 73.2 Å². The van der Waals surface area contributed by atoms with Gasteiger partial charge in [-0.25, -0.2) is 9.78 Å². The summed E-state index contributed by atoms with van der Waals surface area (Å²) in [4.78, 5) is 30.2. The summed E-state index contributed by atoms with van der Waals surface area (Å²) in [5.74, 6) is -0.762. The van der Waals surface area contributed by atoms with Crippen LogP contribution in [0.2, 0.25) is 0 Å². The molecule has 3 aromatic carbocycles. The molecule has 0 radical (unpaired) electrons. The molecule has 0 atom stereocenters. The van der Waals surface area contributed by atoms with Crippen molar-refractivity contribution in [2.75, 3.05) is 6.61 Å². The molecule has 31 heavy (non-hydrogen) atoms. The molecule has 0 amide bonds. The Balaban J connectivity index is 1.63. The number of esters is 1. The molecule has 0 saturated heterocycles. The molecule has 4 aromatic rings. The number of aryl methyl sites for hydroxylation is 2. The van der Waals surface area contributed by atoms with Crippen molar-refractivity contribution in [1.82, 2.24) is 4.98 Å². The number of hydrogen-bond acceptors (Lipinski definition) is 4. The first-order valence-corrected chi connectivity index (χ1v) is 10.3. The van der Waals surface area contributed by atoms with Gasteiger partial charge in [0, 0.05) is 16.5 Å². The van der Waals surface area contributed by atoms with Gasteiger partial charge in [-0.15, -0.1) is 0 Å². The van der Waals surface area contributed by atoms with Crippen LogP contribution in [0.25, 0.3) is 22.2 Å². The summed E-state index contributed by atoms with van der Waals surface area (Å²) in [6.45, 7) is 3.72. The average molecular weight is 409 g/mol. The van der Waals surface area contributed by atoms with Gasteiger partial charge in [-0.05, 0) is 37.1 Å². The van der Waals surface area contributed by atoms with E-state index in [0.29, 0.717) is 27.7 Å². The Morgan fingerprint density at radius 3 is 2.35 bits per heavy atom. The van der Waals surface area contributed by atoms with Gasteiger partial charge >= 0.3 is 5.97 Å². The van der Waals surface area contributed by atoms with E-state index < -0.39 is 5.97 Å². The molecule has 154 valence electrons. The van der Waals surface area contributed by atoms with Crippen LogP contribution in [0.1, 0.15) is 38.8 Å². The Morgan fingerprint density at radius 1 is 0.903 bits per heavy atom. The first-order valence-electron chi connectivity index (χ1n) is 10.3. The Kier molecular flexibility index (Phi) is 5.89. The van der Waals surface area contributed by atoms with E-state index in [9.17, 15) is 9.59 Å². The Bertz CT molecular complexity index is 1240. The zero-order valence-corrected chi connectivity index (χ0v) is 17.6. The first kappa shape index (κ1) is 20.5. The quantitative estimate of drug-likeness (QED) is 0.298. The number of fused-ring (bicyclic) bond motifs is 1. The second kappa shape index (κ2) is 8.92. The number of carbonyl (C=O) groups is 2. The van der Waals surface area contributed by atoms with E-state index in [1.54, 1.807) is 18.2 Å². The lowest BCUT2D eigenvalue weighted by atomic mass is 10.0. The minimum absolute atomic E-state index is 0.228. The third kappa shape index (κ3) is 4.53. The van der Waals surface area contributed by atoms with Gasteiger partial charge in [0.2, 0.25) is 0 Å². The monoisotopic (exact) mass is 409 g/mol. The Labute approximate surface area is 181 Å². The fourth-order valence-corrected chi connectivity index (χ4v) is 3.48. The molecule has 4 nitrogen and oxygen atoms in total. The number of rotatable bonds is 6. The van der Waals surface area contributed by atoms with E-state index in [1.807, 2.05) is 67.6 Å².